The maximum atomic E-state index is 11.4. The summed E-state index contributed by atoms with van der Waals surface area (Å²) in [5, 5.41) is 9.52. The van der Waals surface area contributed by atoms with Crippen molar-refractivity contribution in [2.24, 2.45) is 0 Å². The minimum absolute atomic E-state index is 0.00588. The number of phenolic OH excluding ortho intramolecular Hbond substituents is 1. The SMILES string of the molecule is CC(C)(C)c1ccc(O)c(C(=O)CCl)c1. The first kappa shape index (κ1) is 12.1. The predicted octanol–water partition coefficient (Wildman–Crippen LogP) is 3.11. The molecule has 0 atom stereocenters. The van der Waals surface area contributed by atoms with Crippen LogP contribution in [0.3, 0.4) is 0 Å². The first-order valence-electron chi connectivity index (χ1n) is 4.79. The minimum Gasteiger partial charge on any atom is -0.507 e. The van der Waals surface area contributed by atoms with Crippen molar-refractivity contribution < 1.29 is 9.90 Å². The zero-order chi connectivity index (χ0) is 11.6. The van der Waals surface area contributed by atoms with Gasteiger partial charge in [0.1, 0.15) is 5.75 Å². The monoisotopic (exact) mass is 226 g/mol. The molecule has 0 fully saturated rings. The van der Waals surface area contributed by atoms with Gasteiger partial charge in [0, 0.05) is 0 Å². The quantitative estimate of drug-likeness (QED) is 0.622. The van der Waals surface area contributed by atoms with Crippen molar-refractivity contribution in [2.75, 3.05) is 5.88 Å². The molecule has 0 aliphatic carbocycles. The Hall–Kier alpha value is -1.02. The van der Waals surface area contributed by atoms with Crippen molar-refractivity contribution in [1.82, 2.24) is 0 Å². The maximum Gasteiger partial charge on any atom is 0.181 e. The number of rotatable bonds is 2. The molecule has 2 nitrogen and oxygen atoms in total. The molecule has 0 bridgehead atoms. The smallest absolute Gasteiger partial charge is 0.181 e. The number of ketones is 1. The molecule has 0 heterocycles. The third kappa shape index (κ3) is 2.72. The van der Waals surface area contributed by atoms with Crippen LogP contribution in [0.15, 0.2) is 18.2 Å². The predicted molar refractivity (Wildman–Crippen MR) is 61.9 cm³/mol. The Morgan fingerprint density at radius 2 is 2.00 bits per heavy atom. The molecule has 0 aliphatic heterocycles. The van der Waals surface area contributed by atoms with Gasteiger partial charge in [0.05, 0.1) is 11.4 Å². The normalized spacial score (nSPS) is 11.5. The molecule has 0 amide bonds. The second-order valence-corrected chi connectivity index (χ2v) is 4.81. The Morgan fingerprint density at radius 3 is 2.47 bits per heavy atom. The number of hydrogen-bond donors (Lipinski definition) is 1. The molecule has 0 saturated heterocycles. The lowest BCUT2D eigenvalue weighted by Crippen LogP contribution is -2.12. The van der Waals surface area contributed by atoms with Crippen LogP contribution in [0.5, 0.6) is 5.75 Å². The van der Waals surface area contributed by atoms with E-state index in [-0.39, 0.29) is 22.8 Å². The molecule has 0 aliphatic rings. The maximum absolute atomic E-state index is 11.4. The Balaban J connectivity index is 3.23. The van der Waals surface area contributed by atoms with Gasteiger partial charge in [0.2, 0.25) is 0 Å². The molecule has 82 valence electrons. The van der Waals surface area contributed by atoms with Crippen LogP contribution in [-0.2, 0) is 5.41 Å². The molecule has 15 heavy (non-hydrogen) atoms. The van der Waals surface area contributed by atoms with E-state index in [2.05, 4.69) is 0 Å². The first-order valence-corrected chi connectivity index (χ1v) is 5.32. The summed E-state index contributed by atoms with van der Waals surface area (Å²) in [6.45, 7) is 6.15. The molecule has 0 saturated carbocycles. The number of alkyl halides is 1. The average molecular weight is 227 g/mol. The van der Waals surface area contributed by atoms with Crippen LogP contribution in [0.4, 0.5) is 0 Å². The summed E-state index contributed by atoms with van der Waals surface area (Å²) >= 11 is 5.46. The van der Waals surface area contributed by atoms with Gasteiger partial charge in [0.25, 0.3) is 0 Å². The highest BCUT2D eigenvalue weighted by Gasteiger charge is 2.17. The Labute approximate surface area is 94.9 Å². The van der Waals surface area contributed by atoms with Gasteiger partial charge < -0.3 is 5.11 Å². The zero-order valence-corrected chi connectivity index (χ0v) is 9.93. The number of aromatic hydroxyl groups is 1. The van der Waals surface area contributed by atoms with E-state index in [0.717, 1.165) is 5.56 Å². The van der Waals surface area contributed by atoms with Crippen LogP contribution in [-0.4, -0.2) is 16.8 Å². The summed E-state index contributed by atoms with van der Waals surface area (Å²) in [4.78, 5) is 11.4. The highest BCUT2D eigenvalue weighted by molar-refractivity contribution is 6.30. The van der Waals surface area contributed by atoms with Crippen molar-refractivity contribution >= 4 is 17.4 Å². The van der Waals surface area contributed by atoms with Gasteiger partial charge in [-0.3, -0.25) is 4.79 Å². The highest BCUT2D eigenvalue weighted by Crippen LogP contribution is 2.27. The van der Waals surface area contributed by atoms with Crippen molar-refractivity contribution in [1.29, 1.82) is 0 Å². The van der Waals surface area contributed by atoms with E-state index >= 15 is 0 Å². The van der Waals surface area contributed by atoms with Crippen molar-refractivity contribution in [3.8, 4) is 5.75 Å². The van der Waals surface area contributed by atoms with Crippen LogP contribution in [0, 0.1) is 0 Å². The molecule has 0 radical (unpaired) electrons. The summed E-state index contributed by atoms with van der Waals surface area (Å²) in [5.74, 6) is -0.366. The number of carbonyl (C=O) groups is 1. The fourth-order valence-corrected chi connectivity index (χ4v) is 1.44. The largest absolute Gasteiger partial charge is 0.507 e. The molecule has 0 aromatic heterocycles. The van der Waals surface area contributed by atoms with Crippen LogP contribution in [0.1, 0.15) is 36.7 Å². The molecular weight excluding hydrogens is 212 g/mol. The average Bonchev–Trinajstić information content (AvgIpc) is 2.15. The van der Waals surface area contributed by atoms with Gasteiger partial charge in [-0.2, -0.15) is 0 Å². The van der Waals surface area contributed by atoms with Gasteiger partial charge in [-0.25, -0.2) is 0 Å². The fourth-order valence-electron chi connectivity index (χ4n) is 1.30. The Morgan fingerprint density at radius 1 is 1.40 bits per heavy atom. The number of phenols is 1. The van der Waals surface area contributed by atoms with E-state index in [1.54, 1.807) is 12.1 Å². The topological polar surface area (TPSA) is 37.3 Å². The second kappa shape index (κ2) is 4.23. The third-order valence-electron chi connectivity index (χ3n) is 2.28. The van der Waals surface area contributed by atoms with Crippen LogP contribution >= 0.6 is 11.6 Å². The second-order valence-electron chi connectivity index (χ2n) is 4.54. The lowest BCUT2D eigenvalue weighted by Gasteiger charge is -2.19. The molecule has 1 N–H and O–H groups in total. The van der Waals surface area contributed by atoms with Crippen LogP contribution in [0.2, 0.25) is 0 Å². The van der Waals surface area contributed by atoms with Gasteiger partial charge >= 0.3 is 0 Å². The standard InChI is InChI=1S/C12H15ClO2/c1-12(2,3)8-4-5-10(14)9(6-8)11(15)7-13/h4-6,14H,7H2,1-3H3. The molecule has 0 spiro atoms. The molecule has 3 heteroatoms. The van der Waals surface area contributed by atoms with Gasteiger partial charge in [0.15, 0.2) is 5.78 Å². The summed E-state index contributed by atoms with van der Waals surface area (Å²) in [5.41, 5.74) is 1.26. The van der Waals surface area contributed by atoms with Crippen LogP contribution < -0.4 is 0 Å². The third-order valence-corrected chi connectivity index (χ3v) is 2.53. The lowest BCUT2D eigenvalue weighted by atomic mass is 9.85. The van der Waals surface area contributed by atoms with E-state index in [1.165, 1.54) is 0 Å². The molecule has 1 aromatic rings. The van der Waals surface area contributed by atoms with Gasteiger partial charge in [-0.1, -0.05) is 26.8 Å². The Bertz CT molecular complexity index is 378. The minimum atomic E-state index is -0.250. The first-order chi connectivity index (χ1) is 6.86. The summed E-state index contributed by atoms with van der Waals surface area (Å²) in [7, 11) is 0. The number of Topliss-reactive ketones (excluding diaryl/α,β-unsaturated/α-hetero) is 1. The van der Waals surface area contributed by atoms with E-state index in [9.17, 15) is 9.90 Å². The van der Waals surface area contributed by atoms with E-state index in [4.69, 9.17) is 11.6 Å². The van der Waals surface area contributed by atoms with Gasteiger partial charge in [-0.15, -0.1) is 11.6 Å². The summed E-state index contributed by atoms with van der Waals surface area (Å²) in [6.07, 6.45) is 0. The fraction of sp³-hybridized carbons (Fsp3) is 0.417. The highest BCUT2D eigenvalue weighted by atomic mass is 35.5. The summed E-state index contributed by atoms with van der Waals surface area (Å²) in [6, 6.07) is 5.07. The molecule has 1 aromatic carbocycles. The summed E-state index contributed by atoms with van der Waals surface area (Å²) < 4.78 is 0. The molecular formula is C12H15ClO2. The zero-order valence-electron chi connectivity index (χ0n) is 9.17. The number of carbonyl (C=O) groups excluding carboxylic acids is 1. The van der Waals surface area contributed by atoms with Crippen LogP contribution in [0.25, 0.3) is 0 Å². The molecule has 1 rings (SSSR count). The number of benzene rings is 1. The van der Waals surface area contributed by atoms with Crippen molar-refractivity contribution in [3.05, 3.63) is 29.3 Å². The van der Waals surface area contributed by atoms with Crippen molar-refractivity contribution in [2.45, 2.75) is 26.2 Å². The van der Waals surface area contributed by atoms with Crippen molar-refractivity contribution in [3.63, 3.8) is 0 Å². The van der Waals surface area contributed by atoms with E-state index in [0.29, 0.717) is 5.56 Å². The Kier molecular flexibility index (Phi) is 3.40. The lowest BCUT2D eigenvalue weighted by molar-refractivity contribution is 0.101. The van der Waals surface area contributed by atoms with Gasteiger partial charge in [-0.05, 0) is 23.1 Å². The number of halogens is 1. The van der Waals surface area contributed by atoms with E-state index < -0.39 is 0 Å². The molecule has 0 unspecified atom stereocenters. The number of hydrogen-bond acceptors (Lipinski definition) is 2. The van der Waals surface area contributed by atoms with E-state index in [1.807, 2.05) is 26.8 Å².